The number of carbonyl (C=O) groups excluding carboxylic acids is 2. The lowest BCUT2D eigenvalue weighted by molar-refractivity contribution is -0.131. The number of carbonyl (C=O) groups is 2. The van der Waals surface area contributed by atoms with Crippen LogP contribution in [0, 0.1) is 11.7 Å². The quantitative estimate of drug-likeness (QED) is 0.620. The molecule has 0 atom stereocenters. The summed E-state index contributed by atoms with van der Waals surface area (Å²) >= 11 is 0. The third-order valence-corrected chi connectivity index (χ3v) is 6.20. The molecule has 0 N–H and O–H groups in total. The van der Waals surface area contributed by atoms with Crippen molar-refractivity contribution in [2.75, 3.05) is 51.3 Å². The van der Waals surface area contributed by atoms with Crippen molar-refractivity contribution in [2.45, 2.75) is 39.7 Å². The zero-order valence-corrected chi connectivity index (χ0v) is 21.2. The van der Waals surface area contributed by atoms with Gasteiger partial charge in [-0.25, -0.2) is 4.39 Å². The van der Waals surface area contributed by atoms with Gasteiger partial charge in [0.15, 0.2) is 0 Å². The third kappa shape index (κ3) is 8.15. The molecule has 0 spiro atoms. The summed E-state index contributed by atoms with van der Waals surface area (Å²) in [5.74, 6) is -0.0363. The molecule has 35 heavy (non-hydrogen) atoms. The van der Waals surface area contributed by atoms with Gasteiger partial charge >= 0.3 is 0 Å². The zero-order valence-electron chi connectivity index (χ0n) is 21.2. The van der Waals surface area contributed by atoms with Crippen LogP contribution in [0.25, 0.3) is 0 Å². The summed E-state index contributed by atoms with van der Waals surface area (Å²) < 4.78 is 19.5. The minimum atomic E-state index is -0.381. The van der Waals surface area contributed by atoms with Gasteiger partial charge in [-0.05, 0) is 61.2 Å². The Balaban J connectivity index is 1.94. The van der Waals surface area contributed by atoms with Gasteiger partial charge < -0.3 is 19.4 Å². The molecule has 1 aliphatic rings. The minimum absolute atomic E-state index is 0.00588. The summed E-state index contributed by atoms with van der Waals surface area (Å²) in [6.07, 6.45) is 1.92. The molecule has 0 unspecified atom stereocenters. The van der Waals surface area contributed by atoms with E-state index >= 15 is 0 Å². The number of hydrogen-bond donors (Lipinski definition) is 0. The number of benzene rings is 2. The van der Waals surface area contributed by atoms with E-state index < -0.39 is 0 Å². The summed E-state index contributed by atoms with van der Waals surface area (Å²) in [4.78, 5) is 32.3. The Kier molecular flexibility index (Phi) is 10.2. The second-order valence-corrected chi connectivity index (χ2v) is 9.63. The maximum atomic E-state index is 14.3. The van der Waals surface area contributed by atoms with Crippen molar-refractivity contribution >= 4 is 17.5 Å². The molecule has 0 bridgehead atoms. The van der Waals surface area contributed by atoms with Crippen molar-refractivity contribution in [1.82, 2.24) is 9.80 Å². The van der Waals surface area contributed by atoms with E-state index in [4.69, 9.17) is 4.74 Å². The highest BCUT2D eigenvalue weighted by molar-refractivity contribution is 5.95. The van der Waals surface area contributed by atoms with E-state index in [0.29, 0.717) is 30.3 Å². The van der Waals surface area contributed by atoms with Gasteiger partial charge in [-0.3, -0.25) is 9.59 Å². The highest BCUT2D eigenvalue weighted by Gasteiger charge is 2.23. The normalized spacial score (nSPS) is 15.9. The molecule has 0 saturated carbocycles. The zero-order chi connectivity index (χ0) is 25.2. The fourth-order valence-corrected chi connectivity index (χ4v) is 4.65. The van der Waals surface area contributed by atoms with Crippen LogP contribution < -0.4 is 4.90 Å². The van der Waals surface area contributed by atoms with Crippen LogP contribution in [0.2, 0.25) is 0 Å². The first-order valence-electron chi connectivity index (χ1n) is 12.5. The van der Waals surface area contributed by atoms with Crippen molar-refractivity contribution in [3.05, 3.63) is 65.5 Å². The molecule has 1 heterocycles. The summed E-state index contributed by atoms with van der Waals surface area (Å²) in [5.41, 5.74) is 2.22. The summed E-state index contributed by atoms with van der Waals surface area (Å²) in [6.45, 7) is 8.36. The van der Waals surface area contributed by atoms with Gasteiger partial charge in [-0.2, -0.15) is 0 Å². The lowest BCUT2D eigenvalue weighted by Crippen LogP contribution is -2.41. The fraction of sp³-hybridized carbons (Fsp3) is 0.500. The van der Waals surface area contributed by atoms with Crippen LogP contribution >= 0.6 is 0 Å². The lowest BCUT2D eigenvalue weighted by Gasteiger charge is -2.32. The van der Waals surface area contributed by atoms with Crippen LogP contribution in [0.1, 0.15) is 37.8 Å². The summed E-state index contributed by atoms with van der Waals surface area (Å²) in [6, 6.07) is 14.1. The SMILES string of the molecule is COCC(=O)N1CCCN(CC(C)C)CCCN(C(=O)Cc2ccccc2)Cc2cc(F)ccc21. The predicted octanol–water partition coefficient (Wildman–Crippen LogP) is 4.13. The smallest absolute Gasteiger partial charge is 0.252 e. The van der Waals surface area contributed by atoms with E-state index in [2.05, 4.69) is 18.7 Å². The van der Waals surface area contributed by atoms with Gasteiger partial charge in [-0.15, -0.1) is 0 Å². The van der Waals surface area contributed by atoms with Crippen LogP contribution in [-0.2, 0) is 27.3 Å². The Labute approximate surface area is 208 Å². The van der Waals surface area contributed by atoms with Crippen molar-refractivity contribution in [3.63, 3.8) is 0 Å². The Morgan fingerprint density at radius 1 is 0.971 bits per heavy atom. The standard InChI is InChI=1S/C28H38FN3O3/c1-22(2)19-30-13-7-15-31(27(33)17-23-9-5-4-6-10-23)20-24-18-25(29)11-12-26(24)32(16-8-14-30)28(34)21-35-3/h4-6,9-12,18,22H,7-8,13-17,19-21H2,1-3H3. The Hall–Kier alpha value is -2.77. The van der Waals surface area contributed by atoms with Gasteiger partial charge in [0.05, 0.1) is 6.42 Å². The van der Waals surface area contributed by atoms with E-state index in [1.54, 1.807) is 15.9 Å². The molecule has 2 aromatic rings. The number of fused-ring (bicyclic) bond motifs is 1. The first-order valence-corrected chi connectivity index (χ1v) is 12.5. The first kappa shape index (κ1) is 26.8. The van der Waals surface area contributed by atoms with Crippen LogP contribution in [0.5, 0.6) is 0 Å². The molecule has 0 saturated heterocycles. The van der Waals surface area contributed by atoms with Gasteiger partial charge in [0, 0.05) is 39.0 Å². The number of methoxy groups -OCH3 is 1. The third-order valence-electron chi connectivity index (χ3n) is 6.20. The second-order valence-electron chi connectivity index (χ2n) is 9.63. The highest BCUT2D eigenvalue weighted by atomic mass is 19.1. The van der Waals surface area contributed by atoms with E-state index in [-0.39, 0.29) is 37.2 Å². The van der Waals surface area contributed by atoms with Gasteiger partial charge in [0.1, 0.15) is 12.4 Å². The molecular formula is C28H38FN3O3. The Morgan fingerprint density at radius 2 is 1.69 bits per heavy atom. The Bertz CT molecular complexity index is 967. The number of halogens is 1. The van der Waals surface area contributed by atoms with Gasteiger partial charge in [-0.1, -0.05) is 44.2 Å². The maximum Gasteiger partial charge on any atom is 0.252 e. The van der Waals surface area contributed by atoms with Gasteiger partial charge in [0.25, 0.3) is 5.91 Å². The molecule has 7 heteroatoms. The number of rotatable bonds is 6. The average Bonchev–Trinajstić information content (AvgIpc) is 2.81. The molecule has 3 rings (SSSR count). The van der Waals surface area contributed by atoms with E-state index in [0.717, 1.165) is 38.0 Å². The number of hydrogen-bond acceptors (Lipinski definition) is 4. The maximum absolute atomic E-state index is 14.3. The Morgan fingerprint density at radius 3 is 2.37 bits per heavy atom. The molecule has 0 fully saturated rings. The van der Waals surface area contributed by atoms with E-state index in [1.807, 2.05) is 30.3 Å². The minimum Gasteiger partial charge on any atom is -0.375 e. The predicted molar refractivity (Wildman–Crippen MR) is 137 cm³/mol. The van der Waals surface area contributed by atoms with Crippen LogP contribution in [0.15, 0.2) is 48.5 Å². The molecule has 2 amide bonds. The molecule has 2 aromatic carbocycles. The topological polar surface area (TPSA) is 53.1 Å². The summed E-state index contributed by atoms with van der Waals surface area (Å²) in [5, 5.41) is 0. The van der Waals surface area contributed by atoms with Crippen LogP contribution in [-0.4, -0.2) is 68.1 Å². The lowest BCUT2D eigenvalue weighted by atomic mass is 10.1. The summed E-state index contributed by atoms with van der Waals surface area (Å²) in [7, 11) is 1.49. The van der Waals surface area contributed by atoms with Gasteiger partial charge in [0.2, 0.25) is 5.91 Å². The molecule has 190 valence electrons. The van der Waals surface area contributed by atoms with Crippen LogP contribution in [0.4, 0.5) is 10.1 Å². The van der Waals surface area contributed by atoms with Crippen molar-refractivity contribution in [1.29, 1.82) is 0 Å². The highest BCUT2D eigenvalue weighted by Crippen LogP contribution is 2.25. The molecule has 6 nitrogen and oxygen atoms in total. The largest absolute Gasteiger partial charge is 0.375 e. The second kappa shape index (κ2) is 13.4. The monoisotopic (exact) mass is 483 g/mol. The fourth-order valence-electron chi connectivity index (χ4n) is 4.65. The van der Waals surface area contributed by atoms with Crippen molar-refractivity contribution in [3.8, 4) is 0 Å². The number of amides is 2. The molecule has 0 aromatic heterocycles. The average molecular weight is 484 g/mol. The number of anilines is 1. The first-order chi connectivity index (χ1) is 16.9. The molecular weight excluding hydrogens is 445 g/mol. The van der Waals surface area contributed by atoms with Crippen molar-refractivity contribution < 1.29 is 18.7 Å². The van der Waals surface area contributed by atoms with E-state index in [1.165, 1.54) is 19.2 Å². The molecule has 1 aliphatic heterocycles. The van der Waals surface area contributed by atoms with E-state index in [9.17, 15) is 14.0 Å². The number of ether oxygens (including phenoxy) is 1. The molecule has 0 aliphatic carbocycles. The number of nitrogens with zero attached hydrogens (tertiary/aromatic N) is 3. The van der Waals surface area contributed by atoms with Crippen LogP contribution in [0.3, 0.4) is 0 Å². The molecule has 0 radical (unpaired) electrons. The van der Waals surface area contributed by atoms with Crippen molar-refractivity contribution in [2.24, 2.45) is 5.92 Å².